The molecule has 0 bridgehead atoms. The lowest BCUT2D eigenvalue weighted by Gasteiger charge is -2.17. The van der Waals surface area contributed by atoms with E-state index >= 15 is 0 Å². The number of hydrogen-bond acceptors (Lipinski definition) is 3. The third kappa shape index (κ3) is 5.75. The fourth-order valence-corrected chi connectivity index (χ4v) is 2.66. The van der Waals surface area contributed by atoms with Crippen molar-refractivity contribution in [2.45, 2.75) is 13.3 Å². The molecule has 0 radical (unpaired) electrons. The molecule has 1 amide bonds. The minimum Gasteiger partial charge on any atom is -0.384 e. The van der Waals surface area contributed by atoms with Crippen LogP contribution < -0.4 is 11.1 Å². The second-order valence-corrected chi connectivity index (χ2v) is 6.48. The first-order valence-corrected chi connectivity index (χ1v) is 9.06. The fraction of sp³-hybridized carbons (Fsp3) is 0.217. The van der Waals surface area contributed by atoms with Crippen molar-refractivity contribution >= 4 is 17.4 Å². The average molecular weight is 374 g/mol. The van der Waals surface area contributed by atoms with Gasteiger partial charge in [0.2, 0.25) is 0 Å². The lowest BCUT2D eigenvalue weighted by atomic mass is 10.0. The van der Waals surface area contributed by atoms with Gasteiger partial charge in [-0.2, -0.15) is 0 Å². The normalized spacial score (nSPS) is 9.79. The van der Waals surface area contributed by atoms with E-state index < -0.39 is 0 Å². The van der Waals surface area contributed by atoms with Crippen molar-refractivity contribution in [3.05, 3.63) is 77.4 Å². The molecule has 2 aromatic carbocycles. The Morgan fingerprint density at radius 2 is 2.11 bits per heavy atom. The van der Waals surface area contributed by atoms with Crippen LogP contribution in [0.1, 0.15) is 33.5 Å². The van der Waals surface area contributed by atoms with Gasteiger partial charge in [-0.05, 0) is 49.2 Å². The summed E-state index contributed by atoms with van der Waals surface area (Å²) in [6.45, 7) is 6.73. The van der Waals surface area contributed by atoms with E-state index in [-0.39, 0.29) is 11.7 Å². The Bertz CT molecular complexity index is 937. The number of carbonyl (C=O) groups is 1. The number of amidine groups is 1. The summed E-state index contributed by atoms with van der Waals surface area (Å²) in [7, 11) is 1.80. The van der Waals surface area contributed by atoms with Crippen LogP contribution in [0.4, 0.5) is 5.69 Å². The molecule has 0 aliphatic heterocycles. The van der Waals surface area contributed by atoms with E-state index in [2.05, 4.69) is 23.7 Å². The molecule has 0 saturated carbocycles. The monoisotopic (exact) mass is 374 g/mol. The van der Waals surface area contributed by atoms with Crippen LogP contribution in [0.25, 0.3) is 0 Å². The molecule has 5 nitrogen and oxygen atoms in total. The van der Waals surface area contributed by atoms with Crippen molar-refractivity contribution in [3.8, 4) is 11.8 Å². The van der Waals surface area contributed by atoms with Gasteiger partial charge in [-0.15, -0.1) is 6.58 Å². The van der Waals surface area contributed by atoms with Crippen molar-refractivity contribution in [1.82, 2.24) is 4.90 Å². The Labute approximate surface area is 166 Å². The highest BCUT2D eigenvalue weighted by Gasteiger charge is 2.13. The first-order chi connectivity index (χ1) is 13.4. The molecule has 5 heteroatoms. The zero-order valence-corrected chi connectivity index (χ0v) is 16.4. The van der Waals surface area contributed by atoms with Crippen LogP contribution in [0.3, 0.4) is 0 Å². The maximum absolute atomic E-state index is 12.5. The minimum absolute atomic E-state index is 0.00544. The maximum Gasteiger partial charge on any atom is 0.253 e. The summed E-state index contributed by atoms with van der Waals surface area (Å²) in [5.74, 6) is 6.22. The van der Waals surface area contributed by atoms with Crippen LogP contribution in [0.15, 0.2) is 55.1 Å². The highest BCUT2D eigenvalue weighted by atomic mass is 16.2. The molecule has 0 heterocycles. The Hall–Kier alpha value is -3.52. The Kier molecular flexibility index (Phi) is 7.41. The van der Waals surface area contributed by atoms with Crippen molar-refractivity contribution in [1.29, 1.82) is 5.41 Å². The molecule has 0 aromatic heterocycles. The Morgan fingerprint density at radius 1 is 1.32 bits per heavy atom. The number of amides is 1. The molecular weight excluding hydrogens is 348 g/mol. The number of benzene rings is 2. The van der Waals surface area contributed by atoms with Crippen LogP contribution in [0.2, 0.25) is 0 Å². The summed E-state index contributed by atoms with van der Waals surface area (Å²) in [4.78, 5) is 14.2. The molecule has 28 heavy (non-hydrogen) atoms. The molecule has 0 aliphatic rings. The first-order valence-electron chi connectivity index (χ1n) is 9.06. The summed E-state index contributed by atoms with van der Waals surface area (Å²) in [6, 6.07) is 13.0. The van der Waals surface area contributed by atoms with E-state index in [0.29, 0.717) is 24.2 Å². The summed E-state index contributed by atoms with van der Waals surface area (Å²) in [6.07, 6.45) is 2.58. The van der Waals surface area contributed by atoms with Gasteiger partial charge in [-0.1, -0.05) is 30.0 Å². The van der Waals surface area contributed by atoms with E-state index in [4.69, 9.17) is 11.1 Å². The van der Waals surface area contributed by atoms with Crippen LogP contribution in [-0.2, 0) is 0 Å². The van der Waals surface area contributed by atoms with Gasteiger partial charge < -0.3 is 16.0 Å². The van der Waals surface area contributed by atoms with Crippen LogP contribution in [-0.4, -0.2) is 36.8 Å². The van der Waals surface area contributed by atoms with Crippen molar-refractivity contribution in [2.75, 3.05) is 25.5 Å². The lowest BCUT2D eigenvalue weighted by Crippen LogP contribution is -2.28. The summed E-state index contributed by atoms with van der Waals surface area (Å²) in [5, 5.41) is 10.7. The number of nitrogen functional groups attached to an aromatic ring is 1. The minimum atomic E-state index is 0.00544. The predicted molar refractivity (Wildman–Crippen MR) is 116 cm³/mol. The van der Waals surface area contributed by atoms with Gasteiger partial charge in [0, 0.05) is 36.0 Å². The van der Waals surface area contributed by atoms with E-state index in [1.165, 1.54) is 0 Å². The van der Waals surface area contributed by atoms with Crippen LogP contribution in [0, 0.1) is 24.2 Å². The van der Waals surface area contributed by atoms with Gasteiger partial charge in [0.25, 0.3) is 5.91 Å². The van der Waals surface area contributed by atoms with Crippen LogP contribution >= 0.6 is 0 Å². The standard InChI is InChI=1S/C23H26N4O/c1-4-5-14-27(3)23(28)21-12-11-18(15-17(21)2)8-7-13-26-20-10-6-9-19(16-20)22(24)25/h4,6,9-12,15-16,26H,1,5,13-14H2,2-3H3,(H3,24,25). The quantitative estimate of drug-likeness (QED) is 0.301. The SMILES string of the molecule is C=CCCN(C)C(=O)c1ccc(C#CCNc2cccc(C(=N)N)c2)cc1C. The predicted octanol–water partition coefficient (Wildman–Crippen LogP) is 3.39. The summed E-state index contributed by atoms with van der Waals surface area (Å²) < 4.78 is 0. The number of nitrogens with two attached hydrogens (primary N) is 1. The van der Waals surface area contributed by atoms with E-state index in [1.807, 2.05) is 43.3 Å². The number of anilines is 1. The zero-order valence-electron chi connectivity index (χ0n) is 16.4. The summed E-state index contributed by atoms with van der Waals surface area (Å²) in [5.41, 5.74) is 9.50. The molecule has 4 N–H and O–H groups in total. The van der Waals surface area contributed by atoms with Gasteiger partial charge >= 0.3 is 0 Å². The van der Waals surface area contributed by atoms with E-state index in [1.54, 1.807) is 24.1 Å². The number of rotatable bonds is 7. The highest BCUT2D eigenvalue weighted by Crippen LogP contribution is 2.13. The average Bonchev–Trinajstić information content (AvgIpc) is 2.69. The third-order valence-electron chi connectivity index (χ3n) is 4.26. The van der Waals surface area contributed by atoms with Gasteiger partial charge in [0.1, 0.15) is 5.84 Å². The highest BCUT2D eigenvalue weighted by molar-refractivity contribution is 5.96. The zero-order chi connectivity index (χ0) is 20.5. The molecule has 144 valence electrons. The second kappa shape index (κ2) is 9.98. The van der Waals surface area contributed by atoms with Gasteiger partial charge in [-0.25, -0.2) is 0 Å². The molecule has 2 rings (SSSR count). The largest absolute Gasteiger partial charge is 0.384 e. The first kappa shape index (κ1) is 20.8. The Balaban J connectivity index is 2.00. The molecule has 0 fully saturated rings. The van der Waals surface area contributed by atoms with E-state index in [9.17, 15) is 4.79 Å². The third-order valence-corrected chi connectivity index (χ3v) is 4.26. The van der Waals surface area contributed by atoms with E-state index in [0.717, 1.165) is 23.2 Å². The van der Waals surface area contributed by atoms with Crippen LogP contribution in [0.5, 0.6) is 0 Å². The topological polar surface area (TPSA) is 82.2 Å². The second-order valence-electron chi connectivity index (χ2n) is 6.48. The van der Waals surface area contributed by atoms with Crippen molar-refractivity contribution < 1.29 is 4.79 Å². The van der Waals surface area contributed by atoms with Crippen molar-refractivity contribution in [3.63, 3.8) is 0 Å². The molecule has 0 aliphatic carbocycles. The fourth-order valence-electron chi connectivity index (χ4n) is 2.66. The number of hydrogen-bond donors (Lipinski definition) is 3. The molecule has 2 aromatic rings. The van der Waals surface area contributed by atoms with Gasteiger partial charge in [0.15, 0.2) is 0 Å². The Morgan fingerprint density at radius 3 is 2.79 bits per heavy atom. The number of nitrogens with one attached hydrogen (secondary N) is 2. The molecule has 0 spiro atoms. The number of nitrogens with zero attached hydrogens (tertiary/aromatic N) is 1. The molecule has 0 saturated heterocycles. The smallest absolute Gasteiger partial charge is 0.253 e. The maximum atomic E-state index is 12.5. The summed E-state index contributed by atoms with van der Waals surface area (Å²) >= 11 is 0. The van der Waals surface area contributed by atoms with Gasteiger partial charge in [-0.3, -0.25) is 10.2 Å². The number of aryl methyl sites for hydroxylation is 1. The molecule has 0 unspecified atom stereocenters. The van der Waals surface area contributed by atoms with Gasteiger partial charge in [0.05, 0.1) is 6.54 Å². The molecular formula is C23H26N4O. The molecule has 0 atom stereocenters. The number of carbonyl (C=O) groups excluding carboxylic acids is 1. The lowest BCUT2D eigenvalue weighted by molar-refractivity contribution is 0.0797. The van der Waals surface area contributed by atoms with Crippen molar-refractivity contribution in [2.24, 2.45) is 5.73 Å².